The average molecular weight is 292 g/mol. The molecule has 0 amide bonds. The van der Waals surface area contributed by atoms with Crippen LogP contribution in [0.3, 0.4) is 0 Å². The Morgan fingerprint density at radius 1 is 1.15 bits per heavy atom. The van der Waals surface area contributed by atoms with E-state index in [0.29, 0.717) is 16.8 Å². The lowest BCUT2D eigenvalue weighted by molar-refractivity contribution is 0.936. The van der Waals surface area contributed by atoms with Crippen LogP contribution in [-0.2, 0) is 6.42 Å². The van der Waals surface area contributed by atoms with E-state index < -0.39 is 0 Å². The van der Waals surface area contributed by atoms with Gasteiger partial charge in [-0.3, -0.25) is 4.98 Å². The lowest BCUT2D eigenvalue weighted by Crippen LogP contribution is -2.10. The molecule has 0 aliphatic rings. The molecule has 0 aliphatic heterocycles. The zero-order valence-electron chi connectivity index (χ0n) is 11.4. The zero-order valence-corrected chi connectivity index (χ0v) is 12.2. The SMILES string of the molecule is CCCNc1ncc(Cl)c(NCCc2ccccn2)n1. The number of nitrogens with one attached hydrogen (secondary N) is 2. The third-order valence-electron chi connectivity index (χ3n) is 2.68. The highest BCUT2D eigenvalue weighted by Crippen LogP contribution is 2.19. The van der Waals surface area contributed by atoms with Crippen molar-refractivity contribution in [1.29, 1.82) is 0 Å². The lowest BCUT2D eigenvalue weighted by atomic mass is 10.3. The topological polar surface area (TPSA) is 62.7 Å². The summed E-state index contributed by atoms with van der Waals surface area (Å²) in [7, 11) is 0. The monoisotopic (exact) mass is 291 g/mol. The van der Waals surface area contributed by atoms with Gasteiger partial charge in [0.1, 0.15) is 10.8 Å². The van der Waals surface area contributed by atoms with Gasteiger partial charge in [0.15, 0.2) is 0 Å². The van der Waals surface area contributed by atoms with Crippen molar-refractivity contribution in [3.63, 3.8) is 0 Å². The van der Waals surface area contributed by atoms with E-state index in [0.717, 1.165) is 31.6 Å². The van der Waals surface area contributed by atoms with Gasteiger partial charge >= 0.3 is 0 Å². The van der Waals surface area contributed by atoms with E-state index in [2.05, 4.69) is 32.5 Å². The van der Waals surface area contributed by atoms with Crippen LogP contribution in [-0.4, -0.2) is 28.0 Å². The molecule has 2 N–H and O–H groups in total. The van der Waals surface area contributed by atoms with Gasteiger partial charge in [-0.05, 0) is 18.6 Å². The van der Waals surface area contributed by atoms with Gasteiger partial charge in [-0.1, -0.05) is 24.6 Å². The first kappa shape index (κ1) is 14.5. The predicted octanol–water partition coefficient (Wildman–Crippen LogP) is 3.00. The molecule has 0 fully saturated rings. The van der Waals surface area contributed by atoms with Crippen molar-refractivity contribution in [3.8, 4) is 0 Å². The highest BCUT2D eigenvalue weighted by atomic mass is 35.5. The van der Waals surface area contributed by atoms with E-state index in [-0.39, 0.29) is 0 Å². The van der Waals surface area contributed by atoms with Gasteiger partial charge in [0.05, 0.1) is 6.20 Å². The van der Waals surface area contributed by atoms with Gasteiger partial charge in [0, 0.05) is 31.4 Å². The van der Waals surface area contributed by atoms with Gasteiger partial charge in [0.25, 0.3) is 0 Å². The Morgan fingerprint density at radius 3 is 2.80 bits per heavy atom. The molecule has 2 heterocycles. The van der Waals surface area contributed by atoms with Crippen LogP contribution in [0.1, 0.15) is 19.0 Å². The predicted molar refractivity (Wildman–Crippen MR) is 82.3 cm³/mol. The fraction of sp³-hybridized carbons (Fsp3) is 0.357. The maximum Gasteiger partial charge on any atom is 0.224 e. The number of hydrogen-bond donors (Lipinski definition) is 2. The largest absolute Gasteiger partial charge is 0.368 e. The van der Waals surface area contributed by atoms with E-state index in [1.54, 1.807) is 12.4 Å². The molecule has 0 atom stereocenters. The number of anilines is 2. The number of halogens is 1. The Hall–Kier alpha value is -1.88. The zero-order chi connectivity index (χ0) is 14.2. The molecule has 5 nitrogen and oxygen atoms in total. The molecule has 0 saturated carbocycles. The van der Waals surface area contributed by atoms with Gasteiger partial charge in [-0.25, -0.2) is 4.98 Å². The summed E-state index contributed by atoms with van der Waals surface area (Å²) in [5, 5.41) is 6.87. The van der Waals surface area contributed by atoms with Crippen molar-refractivity contribution in [3.05, 3.63) is 41.3 Å². The van der Waals surface area contributed by atoms with Gasteiger partial charge < -0.3 is 10.6 Å². The summed E-state index contributed by atoms with van der Waals surface area (Å²) in [4.78, 5) is 12.8. The third kappa shape index (κ3) is 4.35. The number of pyridine rings is 1. The van der Waals surface area contributed by atoms with Crippen LogP contribution in [0.15, 0.2) is 30.6 Å². The average Bonchev–Trinajstić information content (AvgIpc) is 2.49. The second-order valence-electron chi connectivity index (χ2n) is 4.31. The molecule has 0 aliphatic carbocycles. The first-order chi connectivity index (χ1) is 9.79. The van der Waals surface area contributed by atoms with Crippen LogP contribution in [0.4, 0.5) is 11.8 Å². The van der Waals surface area contributed by atoms with E-state index >= 15 is 0 Å². The van der Waals surface area contributed by atoms with Crippen molar-refractivity contribution >= 4 is 23.4 Å². The molecule has 0 unspecified atom stereocenters. The van der Waals surface area contributed by atoms with E-state index in [4.69, 9.17) is 11.6 Å². The van der Waals surface area contributed by atoms with Crippen molar-refractivity contribution in [1.82, 2.24) is 15.0 Å². The number of aromatic nitrogens is 3. The highest BCUT2D eigenvalue weighted by Gasteiger charge is 2.04. The first-order valence-electron chi connectivity index (χ1n) is 6.69. The van der Waals surface area contributed by atoms with Crippen LogP contribution in [0.5, 0.6) is 0 Å². The van der Waals surface area contributed by atoms with Gasteiger partial charge in [-0.15, -0.1) is 0 Å². The van der Waals surface area contributed by atoms with Crippen molar-refractivity contribution in [2.24, 2.45) is 0 Å². The summed E-state index contributed by atoms with van der Waals surface area (Å²) in [5.41, 5.74) is 1.04. The van der Waals surface area contributed by atoms with Gasteiger partial charge in [0.2, 0.25) is 5.95 Å². The maximum atomic E-state index is 6.08. The van der Waals surface area contributed by atoms with Crippen LogP contribution in [0.25, 0.3) is 0 Å². The Labute approximate surface area is 123 Å². The molecular weight excluding hydrogens is 274 g/mol. The third-order valence-corrected chi connectivity index (χ3v) is 2.95. The Balaban J connectivity index is 1.91. The summed E-state index contributed by atoms with van der Waals surface area (Å²) >= 11 is 6.08. The van der Waals surface area contributed by atoms with E-state index in [1.807, 2.05) is 18.2 Å². The maximum absolute atomic E-state index is 6.08. The van der Waals surface area contributed by atoms with Crippen LogP contribution in [0, 0.1) is 0 Å². The van der Waals surface area contributed by atoms with Crippen LogP contribution >= 0.6 is 11.6 Å². The molecule has 0 bridgehead atoms. The summed E-state index contributed by atoms with van der Waals surface area (Å²) < 4.78 is 0. The molecule has 0 aromatic carbocycles. The summed E-state index contributed by atoms with van der Waals surface area (Å²) in [5.74, 6) is 1.24. The molecular formula is C14H18ClN5. The molecule has 0 saturated heterocycles. The quantitative estimate of drug-likeness (QED) is 0.821. The number of nitrogens with zero attached hydrogens (tertiary/aromatic N) is 3. The Bertz CT molecular complexity index is 532. The van der Waals surface area contributed by atoms with Gasteiger partial charge in [-0.2, -0.15) is 4.98 Å². The number of rotatable bonds is 7. The summed E-state index contributed by atoms with van der Waals surface area (Å²) in [6, 6.07) is 5.88. The molecule has 6 heteroatoms. The van der Waals surface area contributed by atoms with Crippen LogP contribution in [0.2, 0.25) is 5.02 Å². The van der Waals surface area contributed by atoms with Crippen molar-refractivity contribution in [2.45, 2.75) is 19.8 Å². The second-order valence-corrected chi connectivity index (χ2v) is 4.72. The van der Waals surface area contributed by atoms with Crippen molar-refractivity contribution < 1.29 is 0 Å². The van der Waals surface area contributed by atoms with E-state index in [1.165, 1.54) is 0 Å². The lowest BCUT2D eigenvalue weighted by Gasteiger charge is -2.09. The normalized spacial score (nSPS) is 10.3. The molecule has 20 heavy (non-hydrogen) atoms. The summed E-state index contributed by atoms with van der Waals surface area (Å²) in [6.45, 7) is 3.66. The van der Waals surface area contributed by atoms with E-state index in [9.17, 15) is 0 Å². The standard InChI is InChI=1S/C14H18ClN5/c1-2-7-18-14-19-10-12(15)13(20-14)17-9-6-11-5-3-4-8-16-11/h3-5,8,10H,2,6-7,9H2,1H3,(H2,17,18,19,20). The van der Waals surface area contributed by atoms with Crippen LogP contribution < -0.4 is 10.6 Å². The molecule has 106 valence electrons. The first-order valence-corrected chi connectivity index (χ1v) is 7.07. The molecule has 0 spiro atoms. The summed E-state index contributed by atoms with van der Waals surface area (Å²) in [6.07, 6.45) is 5.24. The fourth-order valence-electron chi connectivity index (χ4n) is 1.67. The smallest absolute Gasteiger partial charge is 0.224 e. The van der Waals surface area contributed by atoms with Crippen molar-refractivity contribution in [2.75, 3.05) is 23.7 Å². The fourth-order valence-corrected chi connectivity index (χ4v) is 1.83. The minimum absolute atomic E-state index is 0.521. The second kappa shape index (κ2) is 7.65. The molecule has 2 rings (SSSR count). The molecule has 2 aromatic heterocycles. The number of hydrogen-bond acceptors (Lipinski definition) is 5. The minimum Gasteiger partial charge on any atom is -0.368 e. The highest BCUT2D eigenvalue weighted by molar-refractivity contribution is 6.32. The molecule has 2 aromatic rings. The minimum atomic E-state index is 0.521. The Kier molecular flexibility index (Phi) is 5.55. The Morgan fingerprint density at radius 2 is 2.05 bits per heavy atom. The molecule has 0 radical (unpaired) electrons.